The van der Waals surface area contributed by atoms with E-state index in [1.807, 2.05) is 6.92 Å². The zero-order chi connectivity index (χ0) is 14.2. The van der Waals surface area contributed by atoms with E-state index in [1.54, 1.807) is 8.61 Å². The van der Waals surface area contributed by atoms with Crippen LogP contribution < -0.4 is 5.32 Å². The summed E-state index contributed by atoms with van der Waals surface area (Å²) < 4.78 is 29.2. The predicted octanol–water partition coefficient (Wildman–Crippen LogP) is 1.18. The molecule has 0 aromatic carbocycles. The number of nitrogens with zero attached hydrogens (tertiary/aromatic N) is 2. The van der Waals surface area contributed by atoms with Crippen LogP contribution in [0.3, 0.4) is 0 Å². The first-order valence-corrected chi connectivity index (χ1v) is 9.41. The molecule has 0 aromatic heterocycles. The van der Waals surface area contributed by atoms with Gasteiger partial charge in [-0.25, -0.2) is 0 Å². The molecule has 0 amide bonds. The lowest BCUT2D eigenvalue weighted by Gasteiger charge is -2.37. The van der Waals surface area contributed by atoms with Crippen LogP contribution in [0.2, 0.25) is 0 Å². The lowest BCUT2D eigenvalue weighted by molar-refractivity contribution is 0.209. The molecule has 0 aromatic rings. The highest BCUT2D eigenvalue weighted by molar-refractivity contribution is 7.86. The minimum atomic E-state index is -3.24. The van der Waals surface area contributed by atoms with Crippen LogP contribution in [0.15, 0.2) is 0 Å². The molecule has 0 aliphatic carbocycles. The SMILES string of the molecule is CC1CCCCN1S(=O)(=O)N1CCC2(CCNCC2)C1. The monoisotopic (exact) mass is 301 g/mol. The van der Waals surface area contributed by atoms with Gasteiger partial charge in [-0.2, -0.15) is 17.0 Å². The molecule has 1 spiro atoms. The first kappa shape index (κ1) is 14.8. The van der Waals surface area contributed by atoms with Crippen molar-refractivity contribution < 1.29 is 8.42 Å². The second kappa shape index (κ2) is 5.55. The molecular weight excluding hydrogens is 274 g/mol. The van der Waals surface area contributed by atoms with Gasteiger partial charge < -0.3 is 5.32 Å². The average molecular weight is 301 g/mol. The van der Waals surface area contributed by atoms with E-state index in [1.165, 1.54) is 0 Å². The fourth-order valence-corrected chi connectivity index (χ4v) is 5.99. The van der Waals surface area contributed by atoms with Gasteiger partial charge in [0.1, 0.15) is 0 Å². The highest BCUT2D eigenvalue weighted by Gasteiger charge is 2.45. The minimum Gasteiger partial charge on any atom is -0.317 e. The van der Waals surface area contributed by atoms with E-state index < -0.39 is 10.2 Å². The number of hydrogen-bond acceptors (Lipinski definition) is 3. The van der Waals surface area contributed by atoms with E-state index in [9.17, 15) is 8.42 Å². The van der Waals surface area contributed by atoms with Crippen molar-refractivity contribution in [3.63, 3.8) is 0 Å². The molecule has 3 heterocycles. The summed E-state index contributed by atoms with van der Waals surface area (Å²) in [6, 6.07) is 0.165. The van der Waals surface area contributed by atoms with Crippen LogP contribution in [0, 0.1) is 5.41 Å². The van der Waals surface area contributed by atoms with Crippen LogP contribution in [0.5, 0.6) is 0 Å². The maximum Gasteiger partial charge on any atom is 0.282 e. The fraction of sp³-hybridized carbons (Fsp3) is 1.00. The largest absolute Gasteiger partial charge is 0.317 e. The predicted molar refractivity (Wildman–Crippen MR) is 79.7 cm³/mol. The van der Waals surface area contributed by atoms with E-state index >= 15 is 0 Å². The van der Waals surface area contributed by atoms with Crippen molar-refractivity contribution >= 4 is 10.2 Å². The summed E-state index contributed by atoms with van der Waals surface area (Å²) in [5, 5.41) is 3.38. The average Bonchev–Trinajstić information content (AvgIpc) is 2.84. The summed E-state index contributed by atoms with van der Waals surface area (Å²) in [4.78, 5) is 0. The van der Waals surface area contributed by atoms with Crippen LogP contribution in [-0.4, -0.2) is 55.8 Å². The molecule has 3 aliphatic rings. The Hall–Kier alpha value is -0.170. The molecule has 0 radical (unpaired) electrons. The Labute approximate surface area is 122 Å². The molecule has 3 fully saturated rings. The van der Waals surface area contributed by atoms with Gasteiger partial charge in [-0.3, -0.25) is 0 Å². The third kappa shape index (κ3) is 2.63. The van der Waals surface area contributed by atoms with Gasteiger partial charge in [0.25, 0.3) is 10.2 Å². The second-order valence-corrected chi connectivity index (χ2v) is 8.68. The Morgan fingerprint density at radius 3 is 2.55 bits per heavy atom. The zero-order valence-electron chi connectivity index (χ0n) is 12.5. The number of rotatable bonds is 2. The summed E-state index contributed by atoms with van der Waals surface area (Å²) in [5.41, 5.74) is 0.247. The minimum absolute atomic E-state index is 0.165. The van der Waals surface area contributed by atoms with Gasteiger partial charge in [-0.05, 0) is 57.5 Å². The molecule has 6 heteroatoms. The molecule has 0 bridgehead atoms. The molecule has 5 nitrogen and oxygen atoms in total. The van der Waals surface area contributed by atoms with Crippen LogP contribution in [0.1, 0.15) is 45.4 Å². The van der Waals surface area contributed by atoms with Crippen LogP contribution in [0.4, 0.5) is 0 Å². The van der Waals surface area contributed by atoms with Gasteiger partial charge >= 0.3 is 0 Å². The number of nitrogens with one attached hydrogen (secondary N) is 1. The molecule has 3 rings (SSSR count). The number of hydrogen-bond donors (Lipinski definition) is 1. The van der Waals surface area contributed by atoms with Gasteiger partial charge in [-0.15, -0.1) is 0 Å². The summed E-state index contributed by atoms with van der Waals surface area (Å²) in [6.07, 6.45) is 6.44. The highest BCUT2D eigenvalue weighted by Crippen LogP contribution is 2.40. The summed E-state index contributed by atoms with van der Waals surface area (Å²) >= 11 is 0. The Kier molecular flexibility index (Phi) is 4.10. The Morgan fingerprint density at radius 2 is 1.85 bits per heavy atom. The third-order valence-electron chi connectivity index (χ3n) is 5.43. The van der Waals surface area contributed by atoms with E-state index in [4.69, 9.17) is 0 Å². The van der Waals surface area contributed by atoms with Crippen LogP contribution in [-0.2, 0) is 10.2 Å². The molecule has 1 atom stereocenters. The molecule has 0 saturated carbocycles. The van der Waals surface area contributed by atoms with Gasteiger partial charge in [0.15, 0.2) is 0 Å². The first-order chi connectivity index (χ1) is 9.54. The summed E-state index contributed by atoms with van der Waals surface area (Å²) in [7, 11) is -3.24. The summed E-state index contributed by atoms with van der Waals surface area (Å²) in [5.74, 6) is 0. The fourth-order valence-electron chi connectivity index (χ4n) is 4.02. The Morgan fingerprint density at radius 1 is 1.10 bits per heavy atom. The molecule has 20 heavy (non-hydrogen) atoms. The van der Waals surface area contributed by atoms with Crippen LogP contribution in [0.25, 0.3) is 0 Å². The first-order valence-electron chi connectivity index (χ1n) is 8.01. The molecule has 1 unspecified atom stereocenters. The lowest BCUT2D eigenvalue weighted by Crippen LogP contribution is -2.50. The molecule has 1 N–H and O–H groups in total. The van der Waals surface area contributed by atoms with E-state index in [-0.39, 0.29) is 11.5 Å². The second-order valence-electron chi connectivity index (χ2n) is 6.80. The topological polar surface area (TPSA) is 52.7 Å². The maximum atomic E-state index is 12.9. The molecule has 3 saturated heterocycles. The van der Waals surface area contributed by atoms with Crippen molar-refractivity contribution in [3.05, 3.63) is 0 Å². The van der Waals surface area contributed by atoms with Crippen molar-refractivity contribution in [3.8, 4) is 0 Å². The van der Waals surface area contributed by atoms with Gasteiger partial charge in [0.05, 0.1) is 0 Å². The Bertz CT molecular complexity index is 445. The quantitative estimate of drug-likeness (QED) is 0.833. The lowest BCUT2D eigenvalue weighted by atomic mass is 9.78. The number of piperidine rings is 2. The van der Waals surface area contributed by atoms with Crippen LogP contribution >= 0.6 is 0 Å². The van der Waals surface area contributed by atoms with Gasteiger partial charge in [0.2, 0.25) is 0 Å². The van der Waals surface area contributed by atoms with Gasteiger partial charge in [0, 0.05) is 25.7 Å². The van der Waals surface area contributed by atoms with Crippen molar-refractivity contribution in [2.45, 2.75) is 51.5 Å². The smallest absolute Gasteiger partial charge is 0.282 e. The van der Waals surface area contributed by atoms with E-state index in [0.29, 0.717) is 13.1 Å². The summed E-state index contributed by atoms with van der Waals surface area (Å²) in [6.45, 7) is 6.27. The molecular formula is C14H27N3O2S. The maximum absolute atomic E-state index is 12.9. The highest BCUT2D eigenvalue weighted by atomic mass is 32.2. The van der Waals surface area contributed by atoms with Crippen molar-refractivity contribution in [1.29, 1.82) is 0 Å². The molecule has 3 aliphatic heterocycles. The van der Waals surface area contributed by atoms with Crippen molar-refractivity contribution in [1.82, 2.24) is 13.9 Å². The van der Waals surface area contributed by atoms with Crippen molar-refractivity contribution in [2.75, 3.05) is 32.7 Å². The van der Waals surface area contributed by atoms with Crippen molar-refractivity contribution in [2.24, 2.45) is 5.41 Å². The standard InChI is InChI=1S/C14H27N3O2S/c1-13-4-2-3-10-17(13)20(18,19)16-11-7-14(12-16)5-8-15-9-6-14/h13,15H,2-12H2,1H3. The Balaban J connectivity index is 1.72. The zero-order valence-corrected chi connectivity index (χ0v) is 13.3. The normalized spacial score (nSPS) is 32.8. The van der Waals surface area contributed by atoms with E-state index in [2.05, 4.69) is 5.32 Å². The third-order valence-corrected chi connectivity index (χ3v) is 7.53. The van der Waals surface area contributed by atoms with Gasteiger partial charge in [-0.1, -0.05) is 6.42 Å². The van der Waals surface area contributed by atoms with E-state index in [0.717, 1.165) is 58.2 Å². The molecule has 116 valence electrons.